The second-order valence-electron chi connectivity index (χ2n) is 25.4. The van der Waals surface area contributed by atoms with E-state index in [2.05, 4.69) is 366 Å². The summed E-state index contributed by atoms with van der Waals surface area (Å²) in [4.78, 5) is 14.0. The Labute approximate surface area is 563 Å². The van der Waals surface area contributed by atoms with Crippen molar-refractivity contribution in [2.45, 2.75) is 0 Å². The van der Waals surface area contributed by atoms with Gasteiger partial charge in [0.2, 0.25) is 0 Å². The first-order chi connectivity index (χ1) is 48.6. The summed E-state index contributed by atoms with van der Waals surface area (Å²) in [7, 11) is 0. The van der Waals surface area contributed by atoms with Crippen molar-refractivity contribution in [3.63, 3.8) is 0 Å². The molecule has 0 saturated heterocycles. The summed E-state index contributed by atoms with van der Waals surface area (Å²) in [5, 5.41) is 14.1. The van der Waals surface area contributed by atoms with Crippen LogP contribution in [-0.4, -0.2) is 28.2 Å². The standard InChI is InChI=1S/C90H58N8/c1-5-21-61(22-6-1)93(62-23-7-2-8-24-62)67-37-43-85-79(53-67)81-55-69(97-83-33-15-13-29-75(83)77-47-49-91-57-89(77)97)39-45-87(81)95(85)65-35-41-71-59(51-65)19-17-31-73(71)74-32-18-20-60-52-66(36-42-72(60)74)96-86-44-38-68(94(63-25-9-3-10-26-63)64-27-11-4-12-28-64)54-80(86)82-56-70(40-46-88(82)96)98-84-34-16-14-30-76(84)78-48-50-92-58-90(78)98/h1-58H. The molecule has 0 bridgehead atoms. The summed E-state index contributed by atoms with van der Waals surface area (Å²) in [6.07, 6.45) is 7.77. The monoisotopic (exact) mass is 1250 g/mol. The van der Waals surface area contributed by atoms with Crippen molar-refractivity contribution in [2.24, 2.45) is 0 Å². The maximum atomic E-state index is 4.64. The van der Waals surface area contributed by atoms with Crippen LogP contribution in [0.2, 0.25) is 0 Å². The fourth-order valence-electron chi connectivity index (χ4n) is 15.8. The fraction of sp³-hybridized carbons (Fsp3) is 0. The van der Waals surface area contributed by atoms with Gasteiger partial charge in [-0.25, -0.2) is 0 Å². The van der Waals surface area contributed by atoms with Crippen molar-refractivity contribution in [3.8, 4) is 33.9 Å². The van der Waals surface area contributed by atoms with E-state index in [0.29, 0.717) is 0 Å². The van der Waals surface area contributed by atoms with E-state index in [9.17, 15) is 0 Å². The number of fused-ring (bicyclic) bond motifs is 14. The lowest BCUT2D eigenvalue weighted by atomic mass is 9.93. The highest BCUT2D eigenvalue weighted by Gasteiger charge is 2.24. The molecule has 0 aliphatic heterocycles. The molecule has 8 heteroatoms. The predicted molar refractivity (Wildman–Crippen MR) is 409 cm³/mol. The topological polar surface area (TPSA) is 52.0 Å². The van der Waals surface area contributed by atoms with Crippen molar-refractivity contribution in [1.29, 1.82) is 0 Å². The molecule has 14 aromatic carbocycles. The van der Waals surface area contributed by atoms with Gasteiger partial charge in [-0.2, -0.15) is 0 Å². The highest BCUT2D eigenvalue weighted by Crippen LogP contribution is 2.46. The summed E-state index contributed by atoms with van der Waals surface area (Å²) in [6.45, 7) is 0. The Morgan fingerprint density at radius 2 is 0.510 bits per heavy atom. The highest BCUT2D eigenvalue weighted by molar-refractivity contribution is 6.16. The lowest BCUT2D eigenvalue weighted by molar-refractivity contribution is 1.16. The van der Waals surface area contributed by atoms with E-state index in [-0.39, 0.29) is 0 Å². The number of pyridine rings is 2. The maximum absolute atomic E-state index is 4.64. The molecule has 0 aliphatic carbocycles. The van der Waals surface area contributed by atoms with Crippen molar-refractivity contribution >= 4 is 143 Å². The summed E-state index contributed by atoms with van der Waals surface area (Å²) < 4.78 is 9.63. The van der Waals surface area contributed by atoms with E-state index in [4.69, 9.17) is 0 Å². The second kappa shape index (κ2) is 22.2. The molecule has 0 unspecified atom stereocenters. The molecule has 20 rings (SSSR count). The van der Waals surface area contributed by atoms with Gasteiger partial charge < -0.3 is 28.1 Å². The molecule has 0 atom stereocenters. The van der Waals surface area contributed by atoms with Crippen LogP contribution in [0.5, 0.6) is 0 Å². The molecular weight excluding hydrogens is 1190 g/mol. The van der Waals surface area contributed by atoms with E-state index in [0.717, 1.165) is 133 Å². The van der Waals surface area contributed by atoms with Gasteiger partial charge in [0.25, 0.3) is 0 Å². The van der Waals surface area contributed by atoms with Crippen LogP contribution in [0.25, 0.3) is 143 Å². The number of benzene rings is 14. The van der Waals surface area contributed by atoms with Gasteiger partial charge in [0.15, 0.2) is 0 Å². The number of aromatic nitrogens is 6. The lowest BCUT2D eigenvalue weighted by Crippen LogP contribution is -2.09. The average Bonchev–Trinajstić information content (AvgIpc) is 1.56. The van der Waals surface area contributed by atoms with E-state index < -0.39 is 0 Å². The maximum Gasteiger partial charge on any atom is 0.0724 e. The van der Waals surface area contributed by atoms with Gasteiger partial charge in [-0.05, 0) is 203 Å². The average molecular weight is 1250 g/mol. The molecule has 0 aliphatic rings. The van der Waals surface area contributed by atoms with Crippen LogP contribution in [0.4, 0.5) is 34.1 Å². The molecule has 0 radical (unpaired) electrons. The van der Waals surface area contributed by atoms with Gasteiger partial charge in [0, 0.05) is 112 Å². The first-order valence-electron chi connectivity index (χ1n) is 33.3. The molecule has 98 heavy (non-hydrogen) atoms. The van der Waals surface area contributed by atoms with Crippen molar-refractivity contribution in [3.05, 3.63) is 352 Å². The van der Waals surface area contributed by atoms with Crippen LogP contribution in [0.3, 0.4) is 0 Å². The largest absolute Gasteiger partial charge is 0.310 e. The van der Waals surface area contributed by atoms with Crippen LogP contribution in [0, 0.1) is 0 Å². The Bertz CT molecular complexity index is 5980. The fourth-order valence-corrected chi connectivity index (χ4v) is 15.8. The number of hydrogen-bond donors (Lipinski definition) is 0. The van der Waals surface area contributed by atoms with Gasteiger partial charge in [-0.1, -0.05) is 158 Å². The number of nitrogens with zero attached hydrogens (tertiary/aromatic N) is 8. The van der Waals surface area contributed by atoms with Crippen molar-refractivity contribution < 1.29 is 0 Å². The second-order valence-corrected chi connectivity index (χ2v) is 25.4. The van der Waals surface area contributed by atoms with Crippen molar-refractivity contribution in [2.75, 3.05) is 9.80 Å². The van der Waals surface area contributed by atoms with Gasteiger partial charge in [0.05, 0.1) is 56.5 Å². The number of hydrogen-bond acceptors (Lipinski definition) is 4. The Balaban J connectivity index is 0.729. The number of para-hydroxylation sites is 6. The highest BCUT2D eigenvalue weighted by atomic mass is 15.2. The molecule has 0 spiro atoms. The third-order valence-corrected chi connectivity index (χ3v) is 20.0. The predicted octanol–water partition coefficient (Wildman–Crippen LogP) is 23.8. The molecule has 0 fully saturated rings. The van der Waals surface area contributed by atoms with Gasteiger partial charge in [-0.15, -0.1) is 0 Å². The van der Waals surface area contributed by atoms with Crippen LogP contribution >= 0.6 is 0 Å². The van der Waals surface area contributed by atoms with Crippen LogP contribution in [-0.2, 0) is 0 Å². The summed E-state index contributed by atoms with van der Waals surface area (Å²) >= 11 is 0. The van der Waals surface area contributed by atoms with E-state index in [1.165, 1.54) is 43.4 Å². The van der Waals surface area contributed by atoms with Crippen LogP contribution in [0.15, 0.2) is 352 Å². The third-order valence-electron chi connectivity index (χ3n) is 20.0. The molecule has 8 nitrogen and oxygen atoms in total. The van der Waals surface area contributed by atoms with E-state index in [1.54, 1.807) is 0 Å². The SMILES string of the molecule is c1ccc(N(c2ccccc2)c2ccc3c(c2)c2cc(-n4c5ccccc5c5ccncc54)ccc2n3-c2ccc3c(-c4cccc5cc(-n6c7ccc(N(c8ccccc8)c8ccccc8)cc7c7cc(-n8c9ccccc9c9ccncc98)ccc76)ccc45)cccc3c2)cc1. The zero-order valence-corrected chi connectivity index (χ0v) is 53.1. The summed E-state index contributed by atoms with van der Waals surface area (Å²) in [5.41, 5.74) is 22.2. The molecular formula is C90H58N8. The van der Waals surface area contributed by atoms with Gasteiger partial charge >= 0.3 is 0 Å². The molecule has 6 heterocycles. The zero-order valence-electron chi connectivity index (χ0n) is 53.1. The molecule has 6 aromatic heterocycles. The van der Waals surface area contributed by atoms with E-state index in [1.807, 2.05) is 24.8 Å². The Kier molecular flexibility index (Phi) is 12.5. The minimum atomic E-state index is 1.07. The molecule has 0 amide bonds. The zero-order chi connectivity index (χ0) is 64.4. The summed E-state index contributed by atoms with van der Waals surface area (Å²) in [5.74, 6) is 0. The Morgan fingerprint density at radius 3 is 0.918 bits per heavy atom. The smallest absolute Gasteiger partial charge is 0.0724 e. The molecule has 0 N–H and O–H groups in total. The quantitative estimate of drug-likeness (QED) is 0.129. The summed E-state index contributed by atoms with van der Waals surface area (Å²) in [6, 6.07) is 120. The van der Waals surface area contributed by atoms with Crippen LogP contribution in [0.1, 0.15) is 0 Å². The van der Waals surface area contributed by atoms with Crippen LogP contribution < -0.4 is 9.80 Å². The van der Waals surface area contributed by atoms with Gasteiger partial charge in [-0.3, -0.25) is 9.97 Å². The minimum absolute atomic E-state index is 1.07. The van der Waals surface area contributed by atoms with Crippen molar-refractivity contribution in [1.82, 2.24) is 28.2 Å². The number of rotatable bonds is 11. The lowest BCUT2D eigenvalue weighted by Gasteiger charge is -2.25. The van der Waals surface area contributed by atoms with Gasteiger partial charge in [0.1, 0.15) is 0 Å². The third kappa shape index (κ3) is 8.64. The molecule has 458 valence electrons. The molecule has 0 saturated carbocycles. The normalized spacial score (nSPS) is 11.9. The molecule has 20 aromatic rings. The minimum Gasteiger partial charge on any atom is -0.310 e. The number of anilines is 6. The first kappa shape index (κ1) is 55.2. The Morgan fingerprint density at radius 1 is 0.194 bits per heavy atom. The van der Waals surface area contributed by atoms with E-state index >= 15 is 0 Å². The Hall–Kier alpha value is -13.3. The first-order valence-corrected chi connectivity index (χ1v) is 33.3.